The lowest BCUT2D eigenvalue weighted by Gasteiger charge is -2.08. The van der Waals surface area contributed by atoms with Gasteiger partial charge in [0.15, 0.2) is 5.71 Å². The molecule has 0 saturated carbocycles. The van der Waals surface area contributed by atoms with E-state index < -0.39 is 11.7 Å². The van der Waals surface area contributed by atoms with E-state index in [0.717, 1.165) is 0 Å². The van der Waals surface area contributed by atoms with E-state index in [1.165, 1.54) is 20.2 Å². The Morgan fingerprint density at radius 1 is 1.50 bits per heavy atom. The third kappa shape index (κ3) is 2.36. The normalized spacial score (nSPS) is 11.1. The second kappa shape index (κ2) is 5.25. The summed E-state index contributed by atoms with van der Waals surface area (Å²) in [6.45, 7) is 1.70. The maximum atomic E-state index is 13.6. The molecule has 0 saturated heterocycles. The molecule has 0 radical (unpaired) electrons. The highest BCUT2D eigenvalue weighted by atomic mass is 19.1. The van der Waals surface area contributed by atoms with Crippen LogP contribution in [0.25, 0.3) is 0 Å². The van der Waals surface area contributed by atoms with Crippen LogP contribution in [0.2, 0.25) is 0 Å². The second-order valence-electron chi connectivity index (χ2n) is 3.13. The molecule has 5 heteroatoms. The predicted molar refractivity (Wildman–Crippen MR) is 58.7 cm³/mol. The lowest BCUT2D eigenvalue weighted by molar-refractivity contribution is -0.114. The zero-order chi connectivity index (χ0) is 12.1. The van der Waals surface area contributed by atoms with Gasteiger partial charge in [0.05, 0.1) is 0 Å². The molecule has 0 aromatic heterocycles. The van der Waals surface area contributed by atoms with Gasteiger partial charge in [-0.25, -0.2) is 4.39 Å². The fraction of sp³-hybridized carbons (Fsp3) is 0.273. The lowest BCUT2D eigenvalue weighted by Crippen LogP contribution is -2.29. The third-order valence-electron chi connectivity index (χ3n) is 2.08. The van der Waals surface area contributed by atoms with Crippen LogP contribution in [0.1, 0.15) is 11.1 Å². The Labute approximate surface area is 93.1 Å². The predicted octanol–water partition coefficient (Wildman–Crippen LogP) is 1.23. The molecule has 0 heterocycles. The van der Waals surface area contributed by atoms with Crippen LogP contribution in [-0.4, -0.2) is 25.8 Å². The molecule has 0 aliphatic rings. The number of nitrogens with one attached hydrogen (secondary N) is 1. The number of likely N-dealkylation sites (N-methyl/N-ethyl adjacent to an activating group) is 1. The number of benzene rings is 1. The standard InChI is InChI=1S/C11H13FN2O2/c1-7-5-4-6-8(12)9(7)10(14-16-3)11(15)13-2/h4-6H,1-3H3,(H,13,15)/b14-10+. The van der Waals surface area contributed by atoms with Gasteiger partial charge in [0, 0.05) is 12.6 Å². The van der Waals surface area contributed by atoms with Crippen molar-refractivity contribution in [2.24, 2.45) is 5.16 Å². The molecule has 86 valence electrons. The molecule has 1 rings (SSSR count). The summed E-state index contributed by atoms with van der Waals surface area (Å²) in [5, 5.41) is 5.94. The topological polar surface area (TPSA) is 50.7 Å². The van der Waals surface area contributed by atoms with Crippen LogP contribution in [0.15, 0.2) is 23.4 Å². The second-order valence-corrected chi connectivity index (χ2v) is 3.13. The molecule has 16 heavy (non-hydrogen) atoms. The van der Waals surface area contributed by atoms with E-state index in [1.807, 2.05) is 0 Å². The maximum Gasteiger partial charge on any atom is 0.273 e. The first-order valence-corrected chi connectivity index (χ1v) is 4.70. The third-order valence-corrected chi connectivity index (χ3v) is 2.08. The van der Waals surface area contributed by atoms with Gasteiger partial charge in [0.1, 0.15) is 12.9 Å². The monoisotopic (exact) mass is 224 g/mol. The molecule has 1 aromatic rings. The molecule has 0 unspecified atom stereocenters. The molecule has 0 aliphatic carbocycles. The van der Waals surface area contributed by atoms with Crippen molar-refractivity contribution in [3.63, 3.8) is 0 Å². The Morgan fingerprint density at radius 2 is 2.19 bits per heavy atom. The van der Waals surface area contributed by atoms with Crippen molar-refractivity contribution >= 4 is 11.6 Å². The van der Waals surface area contributed by atoms with E-state index in [9.17, 15) is 9.18 Å². The van der Waals surface area contributed by atoms with E-state index in [1.54, 1.807) is 19.1 Å². The van der Waals surface area contributed by atoms with E-state index in [-0.39, 0.29) is 11.3 Å². The van der Waals surface area contributed by atoms with Crippen molar-refractivity contribution in [2.75, 3.05) is 14.2 Å². The zero-order valence-corrected chi connectivity index (χ0v) is 9.37. The van der Waals surface area contributed by atoms with E-state index in [4.69, 9.17) is 0 Å². The first-order valence-electron chi connectivity index (χ1n) is 4.70. The summed E-state index contributed by atoms with van der Waals surface area (Å²) in [7, 11) is 2.75. The number of aryl methyl sites for hydroxylation is 1. The van der Waals surface area contributed by atoms with E-state index in [2.05, 4.69) is 15.3 Å². The van der Waals surface area contributed by atoms with Gasteiger partial charge in [-0.15, -0.1) is 0 Å². The molecule has 0 fully saturated rings. The fourth-order valence-electron chi connectivity index (χ4n) is 1.34. The zero-order valence-electron chi connectivity index (χ0n) is 9.37. The first-order chi connectivity index (χ1) is 7.61. The summed E-state index contributed by atoms with van der Waals surface area (Å²) in [6.07, 6.45) is 0. The van der Waals surface area contributed by atoms with Crippen LogP contribution in [0.5, 0.6) is 0 Å². The number of carbonyl (C=O) groups excluding carboxylic acids is 1. The SMILES string of the molecule is CNC(=O)/C(=N/OC)c1c(C)cccc1F. The molecule has 1 amide bonds. The number of nitrogens with zero attached hydrogens (tertiary/aromatic N) is 1. The number of rotatable bonds is 3. The number of hydrogen-bond acceptors (Lipinski definition) is 3. The minimum atomic E-state index is -0.501. The number of amides is 1. The van der Waals surface area contributed by atoms with Gasteiger partial charge in [0.25, 0.3) is 5.91 Å². The average Bonchev–Trinajstić information content (AvgIpc) is 2.26. The lowest BCUT2D eigenvalue weighted by atomic mass is 10.0. The van der Waals surface area contributed by atoms with Crippen LogP contribution in [0.4, 0.5) is 4.39 Å². The molecular weight excluding hydrogens is 211 g/mol. The Balaban J connectivity index is 3.32. The van der Waals surface area contributed by atoms with E-state index in [0.29, 0.717) is 5.56 Å². The molecule has 0 bridgehead atoms. The smallest absolute Gasteiger partial charge is 0.273 e. The van der Waals surface area contributed by atoms with Crippen molar-refractivity contribution < 1.29 is 14.0 Å². The summed E-state index contributed by atoms with van der Waals surface area (Å²) < 4.78 is 13.6. The van der Waals surface area contributed by atoms with Gasteiger partial charge >= 0.3 is 0 Å². The first kappa shape index (κ1) is 12.2. The van der Waals surface area contributed by atoms with Gasteiger partial charge in [-0.1, -0.05) is 17.3 Å². The highest BCUT2D eigenvalue weighted by Gasteiger charge is 2.19. The Morgan fingerprint density at radius 3 is 2.69 bits per heavy atom. The molecule has 0 atom stereocenters. The minimum absolute atomic E-state index is 0.0689. The van der Waals surface area contributed by atoms with Crippen molar-refractivity contribution in [1.82, 2.24) is 5.32 Å². The van der Waals surface area contributed by atoms with Gasteiger partial charge in [-0.2, -0.15) is 0 Å². The summed E-state index contributed by atoms with van der Waals surface area (Å²) in [4.78, 5) is 16.1. The number of halogens is 1. The van der Waals surface area contributed by atoms with Gasteiger partial charge < -0.3 is 10.2 Å². The molecule has 1 aromatic carbocycles. The van der Waals surface area contributed by atoms with Gasteiger partial charge in [0.2, 0.25) is 0 Å². The van der Waals surface area contributed by atoms with Gasteiger partial charge in [-0.3, -0.25) is 4.79 Å². The van der Waals surface area contributed by atoms with Crippen LogP contribution in [-0.2, 0) is 9.63 Å². The molecule has 1 N–H and O–H groups in total. The molecule has 4 nitrogen and oxygen atoms in total. The van der Waals surface area contributed by atoms with E-state index >= 15 is 0 Å². The highest BCUT2D eigenvalue weighted by molar-refractivity contribution is 6.45. The molecule has 0 spiro atoms. The van der Waals surface area contributed by atoms with Crippen LogP contribution >= 0.6 is 0 Å². The minimum Gasteiger partial charge on any atom is -0.398 e. The Bertz CT molecular complexity index is 410. The maximum absolute atomic E-state index is 13.6. The Hall–Kier alpha value is -1.91. The number of hydrogen-bond donors (Lipinski definition) is 1. The average molecular weight is 224 g/mol. The number of oxime groups is 1. The van der Waals surface area contributed by atoms with Crippen LogP contribution in [0, 0.1) is 12.7 Å². The summed E-state index contributed by atoms with van der Waals surface area (Å²) in [5.41, 5.74) is 0.712. The van der Waals surface area contributed by atoms with Crippen molar-refractivity contribution in [3.05, 3.63) is 35.1 Å². The van der Waals surface area contributed by atoms with Crippen LogP contribution < -0.4 is 5.32 Å². The fourth-order valence-corrected chi connectivity index (χ4v) is 1.34. The van der Waals surface area contributed by atoms with Gasteiger partial charge in [-0.05, 0) is 18.6 Å². The summed E-state index contributed by atoms with van der Waals surface area (Å²) in [5.74, 6) is -0.991. The summed E-state index contributed by atoms with van der Waals surface area (Å²) in [6, 6.07) is 4.55. The molecular formula is C11H13FN2O2. The highest BCUT2D eigenvalue weighted by Crippen LogP contribution is 2.14. The van der Waals surface area contributed by atoms with Crippen molar-refractivity contribution in [1.29, 1.82) is 0 Å². The Kier molecular flexibility index (Phi) is 3.99. The summed E-state index contributed by atoms with van der Waals surface area (Å²) >= 11 is 0. The quantitative estimate of drug-likeness (QED) is 0.620. The van der Waals surface area contributed by atoms with Crippen molar-refractivity contribution in [3.8, 4) is 0 Å². The molecule has 0 aliphatic heterocycles. The largest absolute Gasteiger partial charge is 0.398 e. The van der Waals surface area contributed by atoms with Crippen molar-refractivity contribution in [2.45, 2.75) is 6.92 Å². The number of carbonyl (C=O) groups is 1. The van der Waals surface area contributed by atoms with Crippen LogP contribution in [0.3, 0.4) is 0 Å².